The quantitative estimate of drug-likeness (QED) is 0.864. The van der Waals surface area contributed by atoms with Gasteiger partial charge in [0.15, 0.2) is 0 Å². The lowest BCUT2D eigenvalue weighted by Gasteiger charge is -2.19. The highest BCUT2D eigenvalue weighted by Gasteiger charge is 2.15. The maximum atomic E-state index is 9.93. The van der Waals surface area contributed by atoms with Crippen LogP contribution in [0.25, 0.3) is 0 Å². The minimum atomic E-state index is 0.382. The van der Waals surface area contributed by atoms with Gasteiger partial charge in [0.05, 0.1) is 0 Å². The molecule has 2 nitrogen and oxygen atoms in total. The summed E-state index contributed by atoms with van der Waals surface area (Å²) in [5.41, 5.74) is 3.65. The van der Waals surface area contributed by atoms with Gasteiger partial charge in [-0.25, -0.2) is 0 Å². The molecule has 1 aromatic carbocycles. The zero-order valence-corrected chi connectivity index (χ0v) is 11.2. The van der Waals surface area contributed by atoms with Crippen molar-refractivity contribution in [2.45, 2.75) is 46.1 Å². The van der Waals surface area contributed by atoms with Crippen LogP contribution in [-0.2, 0) is 6.54 Å². The number of phenols is 1. The van der Waals surface area contributed by atoms with Crippen molar-refractivity contribution in [1.82, 2.24) is 4.90 Å². The van der Waals surface area contributed by atoms with Crippen molar-refractivity contribution >= 4 is 0 Å². The normalized spacial score (nSPS) is 16.9. The lowest BCUT2D eigenvalue weighted by molar-refractivity contribution is 0.330. The van der Waals surface area contributed by atoms with Crippen LogP contribution in [0.15, 0.2) is 12.1 Å². The molecular weight excluding hydrogens is 210 g/mol. The molecule has 0 spiro atoms. The number of aromatic hydroxyl groups is 1. The van der Waals surface area contributed by atoms with Crippen molar-refractivity contribution in [3.05, 3.63) is 28.8 Å². The van der Waals surface area contributed by atoms with Gasteiger partial charge in [-0.1, -0.05) is 19.9 Å². The second-order valence-corrected chi connectivity index (χ2v) is 5.48. The number of rotatable bonds is 3. The predicted molar refractivity (Wildman–Crippen MR) is 71.4 cm³/mol. The van der Waals surface area contributed by atoms with Crippen LogP contribution in [0.1, 0.15) is 49.3 Å². The van der Waals surface area contributed by atoms with E-state index in [9.17, 15) is 5.11 Å². The van der Waals surface area contributed by atoms with Crippen LogP contribution in [0.3, 0.4) is 0 Å². The van der Waals surface area contributed by atoms with Crippen molar-refractivity contribution in [3.63, 3.8) is 0 Å². The maximum absolute atomic E-state index is 9.93. The molecule has 0 aromatic heterocycles. The van der Waals surface area contributed by atoms with Crippen LogP contribution >= 0.6 is 0 Å². The molecule has 1 fully saturated rings. The summed E-state index contributed by atoms with van der Waals surface area (Å²) in [6.45, 7) is 9.82. The van der Waals surface area contributed by atoms with Gasteiger partial charge >= 0.3 is 0 Å². The van der Waals surface area contributed by atoms with Gasteiger partial charge in [-0.15, -0.1) is 0 Å². The lowest BCUT2D eigenvalue weighted by atomic mass is 9.96. The Labute approximate surface area is 104 Å². The van der Waals surface area contributed by atoms with Crippen molar-refractivity contribution in [2.75, 3.05) is 13.1 Å². The monoisotopic (exact) mass is 233 g/mol. The first kappa shape index (κ1) is 12.4. The number of likely N-dealkylation sites (tertiary alicyclic amines) is 1. The van der Waals surface area contributed by atoms with Crippen molar-refractivity contribution in [2.24, 2.45) is 0 Å². The summed E-state index contributed by atoms with van der Waals surface area (Å²) in [6.07, 6.45) is 2.66. The highest BCUT2D eigenvalue weighted by atomic mass is 16.3. The van der Waals surface area contributed by atoms with E-state index >= 15 is 0 Å². The van der Waals surface area contributed by atoms with Gasteiger partial charge in [-0.2, -0.15) is 0 Å². The van der Waals surface area contributed by atoms with Crippen LogP contribution in [0.2, 0.25) is 0 Å². The van der Waals surface area contributed by atoms with Gasteiger partial charge < -0.3 is 5.11 Å². The van der Waals surface area contributed by atoms with E-state index in [0.29, 0.717) is 11.7 Å². The molecule has 0 saturated carbocycles. The molecule has 1 aromatic rings. The summed E-state index contributed by atoms with van der Waals surface area (Å²) in [4.78, 5) is 2.50. The molecular formula is C15H23NO. The van der Waals surface area contributed by atoms with E-state index in [0.717, 1.165) is 12.1 Å². The number of hydrogen-bond acceptors (Lipinski definition) is 2. The largest absolute Gasteiger partial charge is 0.508 e. The van der Waals surface area contributed by atoms with Crippen LogP contribution in [0.5, 0.6) is 5.75 Å². The van der Waals surface area contributed by atoms with Crippen molar-refractivity contribution in [1.29, 1.82) is 0 Å². The Morgan fingerprint density at radius 3 is 2.47 bits per heavy atom. The van der Waals surface area contributed by atoms with Gasteiger partial charge in [0.1, 0.15) is 5.75 Å². The average molecular weight is 233 g/mol. The lowest BCUT2D eigenvalue weighted by Crippen LogP contribution is -2.19. The number of benzene rings is 1. The molecule has 17 heavy (non-hydrogen) atoms. The molecule has 0 aliphatic carbocycles. The average Bonchev–Trinajstić information content (AvgIpc) is 2.74. The first-order valence-corrected chi connectivity index (χ1v) is 6.62. The molecule has 1 aliphatic rings. The number of hydrogen-bond donors (Lipinski definition) is 1. The Kier molecular flexibility index (Phi) is 3.72. The fraction of sp³-hybridized carbons (Fsp3) is 0.600. The van der Waals surface area contributed by atoms with Crippen LogP contribution in [0.4, 0.5) is 0 Å². The summed E-state index contributed by atoms with van der Waals surface area (Å²) in [5.74, 6) is 0.829. The molecule has 0 bridgehead atoms. The van der Waals surface area contributed by atoms with E-state index in [1.165, 1.54) is 37.1 Å². The van der Waals surface area contributed by atoms with E-state index in [1.54, 1.807) is 0 Å². The Morgan fingerprint density at radius 1 is 1.24 bits per heavy atom. The molecule has 1 saturated heterocycles. The molecule has 2 rings (SSSR count). The van der Waals surface area contributed by atoms with Crippen LogP contribution < -0.4 is 0 Å². The molecule has 1 N–H and O–H groups in total. The van der Waals surface area contributed by atoms with E-state index in [4.69, 9.17) is 0 Å². The number of aryl methyl sites for hydroxylation is 1. The molecule has 2 heteroatoms. The molecule has 0 unspecified atom stereocenters. The van der Waals surface area contributed by atoms with Gasteiger partial charge in [0, 0.05) is 6.54 Å². The van der Waals surface area contributed by atoms with E-state index in [1.807, 2.05) is 6.07 Å². The van der Waals surface area contributed by atoms with Crippen LogP contribution in [0, 0.1) is 6.92 Å². The first-order valence-electron chi connectivity index (χ1n) is 6.62. The van der Waals surface area contributed by atoms with E-state index in [2.05, 4.69) is 31.7 Å². The van der Waals surface area contributed by atoms with E-state index in [-0.39, 0.29) is 0 Å². The topological polar surface area (TPSA) is 23.5 Å². The predicted octanol–water partition coefficient (Wildman–Crippen LogP) is 3.42. The molecule has 94 valence electrons. The van der Waals surface area contributed by atoms with Crippen molar-refractivity contribution in [3.8, 4) is 5.75 Å². The fourth-order valence-electron chi connectivity index (χ4n) is 2.57. The van der Waals surface area contributed by atoms with Gasteiger partial charge in [0.25, 0.3) is 0 Å². The van der Waals surface area contributed by atoms with Gasteiger partial charge in [-0.05, 0) is 61.5 Å². The summed E-state index contributed by atoms with van der Waals surface area (Å²) in [5, 5.41) is 9.93. The minimum absolute atomic E-state index is 0.382. The van der Waals surface area contributed by atoms with Gasteiger partial charge in [-0.3, -0.25) is 4.90 Å². The summed E-state index contributed by atoms with van der Waals surface area (Å²) in [7, 11) is 0. The van der Waals surface area contributed by atoms with Crippen LogP contribution in [-0.4, -0.2) is 23.1 Å². The fourth-order valence-corrected chi connectivity index (χ4v) is 2.57. The highest BCUT2D eigenvalue weighted by molar-refractivity contribution is 5.43. The van der Waals surface area contributed by atoms with Gasteiger partial charge in [0.2, 0.25) is 0 Å². The Morgan fingerprint density at radius 2 is 1.88 bits per heavy atom. The second kappa shape index (κ2) is 5.09. The SMILES string of the molecule is Cc1cc(O)c(C(C)C)cc1CN1CCCC1. The Bertz CT molecular complexity index is 392. The third-order valence-corrected chi connectivity index (χ3v) is 3.70. The zero-order valence-electron chi connectivity index (χ0n) is 11.2. The van der Waals surface area contributed by atoms with E-state index < -0.39 is 0 Å². The molecule has 1 heterocycles. The smallest absolute Gasteiger partial charge is 0.119 e. The minimum Gasteiger partial charge on any atom is -0.508 e. The maximum Gasteiger partial charge on any atom is 0.119 e. The first-order chi connectivity index (χ1) is 8.08. The standard InChI is InChI=1S/C15H23NO/c1-11(2)14-9-13(12(3)8-15(14)17)10-16-6-4-5-7-16/h8-9,11,17H,4-7,10H2,1-3H3. The third kappa shape index (κ3) is 2.81. The molecule has 0 atom stereocenters. The third-order valence-electron chi connectivity index (χ3n) is 3.70. The summed E-state index contributed by atoms with van der Waals surface area (Å²) >= 11 is 0. The highest BCUT2D eigenvalue weighted by Crippen LogP contribution is 2.29. The van der Waals surface area contributed by atoms with Crippen molar-refractivity contribution < 1.29 is 5.11 Å². The molecule has 1 aliphatic heterocycles. The summed E-state index contributed by atoms with van der Waals surface area (Å²) < 4.78 is 0. The summed E-state index contributed by atoms with van der Waals surface area (Å²) in [6, 6.07) is 4.11. The molecule has 0 amide bonds. The Balaban J connectivity index is 2.23. The number of nitrogens with zero attached hydrogens (tertiary/aromatic N) is 1. The molecule has 0 radical (unpaired) electrons. The number of phenolic OH excluding ortho intramolecular Hbond substituents is 1. The Hall–Kier alpha value is -1.02. The second-order valence-electron chi connectivity index (χ2n) is 5.48. The zero-order chi connectivity index (χ0) is 12.4.